The summed E-state index contributed by atoms with van der Waals surface area (Å²) >= 11 is 0. The maximum atomic E-state index is 12.4. The van der Waals surface area contributed by atoms with Gasteiger partial charge in [-0.1, -0.05) is 6.92 Å². The standard InChI is InChI=1S/C19H23N3O3/c1-4-13(3)21-17-12-15(10-11-20-17)18(23)22-16-8-6-14(7-9-16)19(24)25-5-2/h6-13H,4-5H2,1-3H3,(H,20,21)(H,22,23). The summed E-state index contributed by atoms with van der Waals surface area (Å²) in [6.45, 7) is 6.21. The van der Waals surface area contributed by atoms with E-state index in [0.717, 1.165) is 6.42 Å². The van der Waals surface area contributed by atoms with E-state index in [9.17, 15) is 9.59 Å². The van der Waals surface area contributed by atoms with Gasteiger partial charge in [-0.15, -0.1) is 0 Å². The third-order valence-corrected chi connectivity index (χ3v) is 3.68. The van der Waals surface area contributed by atoms with Crippen LogP contribution in [0.25, 0.3) is 0 Å². The molecule has 1 heterocycles. The molecular weight excluding hydrogens is 318 g/mol. The van der Waals surface area contributed by atoms with Gasteiger partial charge in [0.2, 0.25) is 0 Å². The van der Waals surface area contributed by atoms with Gasteiger partial charge in [0.15, 0.2) is 0 Å². The maximum absolute atomic E-state index is 12.4. The first kappa shape index (κ1) is 18.4. The average Bonchev–Trinajstić information content (AvgIpc) is 2.62. The lowest BCUT2D eigenvalue weighted by Gasteiger charge is -2.13. The molecule has 1 aromatic carbocycles. The molecule has 1 amide bonds. The number of carbonyl (C=O) groups is 2. The molecule has 6 nitrogen and oxygen atoms in total. The van der Waals surface area contributed by atoms with Crippen molar-refractivity contribution in [1.29, 1.82) is 0 Å². The van der Waals surface area contributed by atoms with E-state index in [0.29, 0.717) is 29.2 Å². The minimum absolute atomic E-state index is 0.238. The Balaban J connectivity index is 2.04. The molecule has 0 aliphatic carbocycles. The highest BCUT2D eigenvalue weighted by Crippen LogP contribution is 2.14. The molecule has 0 saturated heterocycles. The van der Waals surface area contributed by atoms with Crippen LogP contribution in [0.5, 0.6) is 0 Å². The number of carbonyl (C=O) groups excluding carboxylic acids is 2. The fraction of sp³-hybridized carbons (Fsp3) is 0.316. The first-order valence-electron chi connectivity index (χ1n) is 8.34. The monoisotopic (exact) mass is 341 g/mol. The van der Waals surface area contributed by atoms with Crippen molar-refractivity contribution < 1.29 is 14.3 Å². The molecule has 0 saturated carbocycles. The summed E-state index contributed by atoms with van der Waals surface area (Å²) in [4.78, 5) is 28.2. The van der Waals surface area contributed by atoms with Gasteiger partial charge < -0.3 is 15.4 Å². The van der Waals surface area contributed by atoms with Crippen molar-refractivity contribution in [1.82, 2.24) is 4.98 Å². The molecule has 2 aromatic rings. The van der Waals surface area contributed by atoms with Crippen LogP contribution in [0.15, 0.2) is 42.6 Å². The fourth-order valence-electron chi connectivity index (χ4n) is 2.11. The number of hydrogen-bond acceptors (Lipinski definition) is 5. The Bertz CT molecular complexity index is 729. The van der Waals surface area contributed by atoms with Crippen LogP contribution in [0.4, 0.5) is 11.5 Å². The Morgan fingerprint density at radius 3 is 2.48 bits per heavy atom. The van der Waals surface area contributed by atoms with Gasteiger partial charge in [-0.25, -0.2) is 9.78 Å². The van der Waals surface area contributed by atoms with Gasteiger partial charge in [0, 0.05) is 23.5 Å². The van der Waals surface area contributed by atoms with Crippen LogP contribution in [-0.2, 0) is 4.74 Å². The number of nitrogens with zero attached hydrogens (tertiary/aromatic N) is 1. The van der Waals surface area contributed by atoms with Gasteiger partial charge in [-0.3, -0.25) is 4.79 Å². The molecule has 0 spiro atoms. The van der Waals surface area contributed by atoms with Crippen LogP contribution >= 0.6 is 0 Å². The summed E-state index contributed by atoms with van der Waals surface area (Å²) < 4.78 is 4.93. The van der Waals surface area contributed by atoms with E-state index in [4.69, 9.17) is 4.74 Å². The summed E-state index contributed by atoms with van der Waals surface area (Å²) in [5.41, 5.74) is 1.56. The van der Waals surface area contributed by atoms with Gasteiger partial charge in [0.1, 0.15) is 5.82 Å². The first-order chi connectivity index (χ1) is 12.0. The van der Waals surface area contributed by atoms with Crippen molar-refractivity contribution in [3.05, 3.63) is 53.7 Å². The molecule has 6 heteroatoms. The number of esters is 1. The topological polar surface area (TPSA) is 80.3 Å². The Morgan fingerprint density at radius 2 is 1.84 bits per heavy atom. The highest BCUT2D eigenvalue weighted by molar-refractivity contribution is 6.04. The number of ether oxygens (including phenoxy) is 1. The molecule has 0 fully saturated rings. The molecule has 132 valence electrons. The predicted octanol–water partition coefficient (Wildman–Crippen LogP) is 3.72. The molecule has 0 aliphatic rings. The van der Waals surface area contributed by atoms with E-state index in [2.05, 4.69) is 29.5 Å². The summed E-state index contributed by atoms with van der Waals surface area (Å²) in [7, 11) is 0. The minimum Gasteiger partial charge on any atom is -0.462 e. The molecule has 25 heavy (non-hydrogen) atoms. The molecule has 2 rings (SSSR count). The van der Waals surface area contributed by atoms with E-state index in [1.165, 1.54) is 0 Å². The van der Waals surface area contributed by atoms with Gasteiger partial charge in [-0.05, 0) is 56.7 Å². The summed E-state index contributed by atoms with van der Waals surface area (Å²) in [6, 6.07) is 10.2. The molecule has 1 atom stereocenters. The smallest absolute Gasteiger partial charge is 0.338 e. The van der Waals surface area contributed by atoms with Crippen LogP contribution in [0, 0.1) is 0 Å². The van der Waals surface area contributed by atoms with E-state index < -0.39 is 0 Å². The highest BCUT2D eigenvalue weighted by atomic mass is 16.5. The summed E-state index contributed by atoms with van der Waals surface area (Å²) in [6.07, 6.45) is 2.56. The minimum atomic E-state index is -0.379. The first-order valence-corrected chi connectivity index (χ1v) is 8.34. The normalized spacial score (nSPS) is 11.5. The SMILES string of the molecule is CCOC(=O)c1ccc(NC(=O)c2ccnc(NC(C)CC)c2)cc1. The van der Waals surface area contributed by atoms with Crippen LogP contribution in [0.2, 0.25) is 0 Å². The quantitative estimate of drug-likeness (QED) is 0.750. The molecular formula is C19H23N3O3. The number of rotatable bonds is 7. The fourth-order valence-corrected chi connectivity index (χ4v) is 2.11. The van der Waals surface area contributed by atoms with Crippen molar-refractivity contribution in [2.24, 2.45) is 0 Å². The number of benzene rings is 1. The third kappa shape index (κ3) is 5.31. The van der Waals surface area contributed by atoms with E-state index in [-0.39, 0.29) is 17.9 Å². The van der Waals surface area contributed by atoms with Gasteiger partial charge in [0.25, 0.3) is 5.91 Å². The van der Waals surface area contributed by atoms with Crippen molar-refractivity contribution >= 4 is 23.4 Å². The van der Waals surface area contributed by atoms with Crippen LogP contribution in [-0.4, -0.2) is 29.5 Å². The second-order valence-corrected chi connectivity index (χ2v) is 5.64. The van der Waals surface area contributed by atoms with Crippen molar-refractivity contribution in [2.45, 2.75) is 33.2 Å². The number of nitrogens with one attached hydrogen (secondary N) is 2. The number of anilines is 2. The van der Waals surface area contributed by atoms with Gasteiger partial charge in [0.05, 0.1) is 12.2 Å². The highest BCUT2D eigenvalue weighted by Gasteiger charge is 2.10. The second kappa shape index (κ2) is 8.82. The lowest BCUT2D eigenvalue weighted by molar-refractivity contribution is 0.0526. The van der Waals surface area contributed by atoms with Gasteiger partial charge in [-0.2, -0.15) is 0 Å². The zero-order valence-electron chi connectivity index (χ0n) is 14.7. The van der Waals surface area contributed by atoms with Crippen molar-refractivity contribution in [3.63, 3.8) is 0 Å². The van der Waals surface area contributed by atoms with Crippen LogP contribution < -0.4 is 10.6 Å². The maximum Gasteiger partial charge on any atom is 0.338 e. The van der Waals surface area contributed by atoms with Gasteiger partial charge >= 0.3 is 5.97 Å². The Morgan fingerprint density at radius 1 is 1.12 bits per heavy atom. The Hall–Kier alpha value is -2.89. The molecule has 0 aliphatic heterocycles. The third-order valence-electron chi connectivity index (χ3n) is 3.68. The zero-order valence-corrected chi connectivity index (χ0v) is 14.7. The lowest BCUT2D eigenvalue weighted by atomic mass is 10.2. The zero-order chi connectivity index (χ0) is 18.2. The van der Waals surface area contributed by atoms with E-state index in [1.807, 2.05) is 0 Å². The lowest BCUT2D eigenvalue weighted by Crippen LogP contribution is -2.16. The Kier molecular flexibility index (Phi) is 6.51. The van der Waals surface area contributed by atoms with E-state index >= 15 is 0 Å². The molecule has 0 bridgehead atoms. The van der Waals surface area contributed by atoms with E-state index in [1.54, 1.807) is 49.5 Å². The molecule has 2 N–H and O–H groups in total. The number of pyridine rings is 1. The molecule has 1 aromatic heterocycles. The number of hydrogen-bond donors (Lipinski definition) is 2. The Labute approximate surface area is 147 Å². The molecule has 1 unspecified atom stereocenters. The second-order valence-electron chi connectivity index (χ2n) is 5.64. The largest absolute Gasteiger partial charge is 0.462 e. The van der Waals surface area contributed by atoms with Crippen molar-refractivity contribution in [2.75, 3.05) is 17.2 Å². The van der Waals surface area contributed by atoms with Crippen LogP contribution in [0.3, 0.4) is 0 Å². The average molecular weight is 341 g/mol. The summed E-state index contributed by atoms with van der Waals surface area (Å²) in [5.74, 6) is 0.0495. The molecule has 0 radical (unpaired) electrons. The number of aromatic nitrogens is 1. The summed E-state index contributed by atoms with van der Waals surface area (Å²) in [5, 5.41) is 6.04. The predicted molar refractivity (Wildman–Crippen MR) is 98.0 cm³/mol. The van der Waals surface area contributed by atoms with Crippen molar-refractivity contribution in [3.8, 4) is 0 Å². The van der Waals surface area contributed by atoms with Crippen LogP contribution in [0.1, 0.15) is 47.9 Å². The number of amides is 1.